The van der Waals surface area contributed by atoms with Gasteiger partial charge >= 0.3 is 0 Å². The van der Waals surface area contributed by atoms with E-state index in [2.05, 4.69) is 20.9 Å². The summed E-state index contributed by atoms with van der Waals surface area (Å²) >= 11 is 5.03. The third-order valence-electron chi connectivity index (χ3n) is 1.97. The Kier molecular flexibility index (Phi) is 3.38. The van der Waals surface area contributed by atoms with E-state index in [4.69, 9.17) is 4.74 Å². The summed E-state index contributed by atoms with van der Waals surface area (Å²) in [6.45, 7) is 2.57. The molecule has 0 N–H and O–H groups in total. The molecule has 0 amide bonds. The van der Waals surface area contributed by atoms with E-state index in [1.807, 2.05) is 30.5 Å². The molecule has 0 bridgehead atoms. The highest BCUT2D eigenvalue weighted by molar-refractivity contribution is 9.10. The van der Waals surface area contributed by atoms with Crippen LogP contribution in [0.4, 0.5) is 0 Å². The first-order valence-corrected chi connectivity index (χ1v) is 6.20. The summed E-state index contributed by atoms with van der Waals surface area (Å²) in [5.74, 6) is 0.911. The lowest BCUT2D eigenvalue weighted by molar-refractivity contribution is 0.303. The fraction of sp³-hybridized carbons (Fsp3) is 0.182. The summed E-state index contributed by atoms with van der Waals surface area (Å²) in [5, 5.41) is 2.95. The number of hydrogen-bond acceptors (Lipinski definition) is 3. The van der Waals surface area contributed by atoms with Gasteiger partial charge in [-0.1, -0.05) is 15.9 Å². The van der Waals surface area contributed by atoms with Crippen molar-refractivity contribution in [3.8, 4) is 5.75 Å². The van der Waals surface area contributed by atoms with Gasteiger partial charge < -0.3 is 4.74 Å². The van der Waals surface area contributed by atoms with Gasteiger partial charge in [-0.05, 0) is 30.7 Å². The molecule has 0 aliphatic heterocycles. The molecular weight excluding hydrogens is 274 g/mol. The van der Waals surface area contributed by atoms with Gasteiger partial charge in [0, 0.05) is 16.0 Å². The molecule has 4 heteroatoms. The second-order valence-corrected chi connectivity index (χ2v) is 5.02. The largest absolute Gasteiger partial charge is 0.486 e. The second kappa shape index (κ2) is 4.77. The highest BCUT2D eigenvalue weighted by Crippen LogP contribution is 2.23. The van der Waals surface area contributed by atoms with E-state index in [1.54, 1.807) is 17.5 Å². The lowest BCUT2D eigenvalue weighted by Gasteiger charge is -2.07. The van der Waals surface area contributed by atoms with Crippen molar-refractivity contribution in [1.29, 1.82) is 0 Å². The van der Waals surface area contributed by atoms with Gasteiger partial charge in [0.05, 0.1) is 0 Å². The maximum Gasteiger partial charge on any atom is 0.140 e. The Balaban J connectivity index is 2.05. The molecule has 0 spiro atoms. The lowest BCUT2D eigenvalue weighted by atomic mass is 10.2. The molecule has 0 atom stereocenters. The van der Waals surface area contributed by atoms with Crippen LogP contribution < -0.4 is 4.74 Å². The quantitative estimate of drug-likeness (QED) is 0.855. The summed E-state index contributed by atoms with van der Waals surface area (Å²) in [5.41, 5.74) is 1.13. The minimum Gasteiger partial charge on any atom is -0.486 e. The molecule has 2 rings (SSSR count). The molecule has 1 aromatic carbocycles. The van der Waals surface area contributed by atoms with E-state index in [0.29, 0.717) is 6.61 Å². The minimum atomic E-state index is 0.542. The summed E-state index contributed by atoms with van der Waals surface area (Å²) in [4.78, 5) is 4.16. The Labute approximate surface area is 101 Å². The van der Waals surface area contributed by atoms with Gasteiger partial charge in [-0.3, -0.25) is 0 Å². The van der Waals surface area contributed by atoms with Crippen molar-refractivity contribution in [3.05, 3.63) is 44.8 Å². The van der Waals surface area contributed by atoms with E-state index < -0.39 is 0 Å². The average molecular weight is 284 g/mol. The number of halogens is 1. The van der Waals surface area contributed by atoms with Crippen LogP contribution in [-0.4, -0.2) is 4.98 Å². The summed E-state index contributed by atoms with van der Waals surface area (Å²) < 4.78 is 6.73. The maximum absolute atomic E-state index is 5.66. The van der Waals surface area contributed by atoms with Crippen LogP contribution in [0.2, 0.25) is 0 Å². The van der Waals surface area contributed by atoms with Gasteiger partial charge in [-0.25, -0.2) is 4.98 Å². The molecule has 0 aliphatic carbocycles. The standard InChI is InChI=1S/C11H10BrNOS/c1-8-6-9(12)2-3-10(8)14-7-11-13-4-5-15-11/h2-6H,7H2,1H3. The molecule has 0 fully saturated rings. The van der Waals surface area contributed by atoms with Crippen LogP contribution in [0.15, 0.2) is 34.2 Å². The van der Waals surface area contributed by atoms with Crippen molar-refractivity contribution >= 4 is 27.3 Å². The van der Waals surface area contributed by atoms with Crippen LogP contribution in [0.25, 0.3) is 0 Å². The number of thiazole rings is 1. The molecule has 2 nitrogen and oxygen atoms in total. The Morgan fingerprint density at radius 2 is 2.33 bits per heavy atom. The monoisotopic (exact) mass is 283 g/mol. The fourth-order valence-electron chi connectivity index (χ4n) is 1.24. The predicted molar refractivity (Wildman–Crippen MR) is 65.3 cm³/mol. The number of rotatable bonds is 3. The van der Waals surface area contributed by atoms with E-state index in [0.717, 1.165) is 20.8 Å². The van der Waals surface area contributed by atoms with E-state index in [-0.39, 0.29) is 0 Å². The Morgan fingerprint density at radius 3 is 3.00 bits per heavy atom. The van der Waals surface area contributed by atoms with Gasteiger partial charge in [-0.2, -0.15) is 0 Å². The fourth-order valence-corrected chi connectivity index (χ4v) is 2.24. The van der Waals surface area contributed by atoms with Gasteiger partial charge in [0.25, 0.3) is 0 Å². The van der Waals surface area contributed by atoms with Crippen LogP contribution in [0, 0.1) is 6.92 Å². The van der Waals surface area contributed by atoms with Crippen LogP contribution in [0.1, 0.15) is 10.6 Å². The average Bonchev–Trinajstić information content (AvgIpc) is 2.69. The molecule has 2 aromatic rings. The normalized spacial score (nSPS) is 10.3. The summed E-state index contributed by atoms with van der Waals surface area (Å²) in [7, 11) is 0. The first kappa shape index (κ1) is 10.6. The molecule has 0 radical (unpaired) electrons. The van der Waals surface area contributed by atoms with Gasteiger partial charge in [0.15, 0.2) is 0 Å². The molecule has 1 aromatic heterocycles. The van der Waals surface area contributed by atoms with Gasteiger partial charge in [0.2, 0.25) is 0 Å². The molecule has 0 saturated heterocycles. The molecule has 0 saturated carbocycles. The molecule has 78 valence electrons. The smallest absolute Gasteiger partial charge is 0.140 e. The van der Waals surface area contributed by atoms with Crippen molar-refractivity contribution in [2.75, 3.05) is 0 Å². The second-order valence-electron chi connectivity index (χ2n) is 3.12. The third kappa shape index (κ3) is 2.79. The van der Waals surface area contributed by atoms with Crippen molar-refractivity contribution < 1.29 is 4.74 Å². The predicted octanol–water partition coefficient (Wildman–Crippen LogP) is 3.79. The number of benzene rings is 1. The van der Waals surface area contributed by atoms with E-state index in [1.165, 1.54) is 0 Å². The number of nitrogens with zero attached hydrogens (tertiary/aromatic N) is 1. The highest BCUT2D eigenvalue weighted by atomic mass is 79.9. The highest BCUT2D eigenvalue weighted by Gasteiger charge is 2.01. The maximum atomic E-state index is 5.66. The van der Waals surface area contributed by atoms with Gasteiger partial charge in [-0.15, -0.1) is 11.3 Å². The van der Waals surface area contributed by atoms with Crippen LogP contribution in [0.3, 0.4) is 0 Å². The van der Waals surface area contributed by atoms with Crippen molar-refractivity contribution in [3.63, 3.8) is 0 Å². The number of hydrogen-bond donors (Lipinski definition) is 0. The van der Waals surface area contributed by atoms with Crippen molar-refractivity contribution in [2.24, 2.45) is 0 Å². The molecule has 15 heavy (non-hydrogen) atoms. The summed E-state index contributed by atoms with van der Waals surface area (Å²) in [6, 6.07) is 5.98. The zero-order chi connectivity index (χ0) is 10.7. The SMILES string of the molecule is Cc1cc(Br)ccc1OCc1nccs1. The lowest BCUT2D eigenvalue weighted by Crippen LogP contribution is -1.96. The molecule has 0 aliphatic rings. The van der Waals surface area contributed by atoms with E-state index >= 15 is 0 Å². The van der Waals surface area contributed by atoms with Crippen LogP contribution in [-0.2, 0) is 6.61 Å². The first-order valence-electron chi connectivity index (χ1n) is 4.53. The van der Waals surface area contributed by atoms with Gasteiger partial charge in [0.1, 0.15) is 17.4 Å². The summed E-state index contributed by atoms with van der Waals surface area (Å²) in [6.07, 6.45) is 1.79. The zero-order valence-electron chi connectivity index (χ0n) is 8.24. The zero-order valence-corrected chi connectivity index (χ0v) is 10.6. The van der Waals surface area contributed by atoms with Crippen LogP contribution in [0.5, 0.6) is 5.75 Å². The topological polar surface area (TPSA) is 22.1 Å². The third-order valence-corrected chi connectivity index (χ3v) is 3.22. The Bertz CT molecular complexity index is 442. The van der Waals surface area contributed by atoms with E-state index in [9.17, 15) is 0 Å². The Hall–Kier alpha value is -0.870. The number of aryl methyl sites for hydroxylation is 1. The number of ether oxygens (including phenoxy) is 1. The van der Waals surface area contributed by atoms with Crippen molar-refractivity contribution in [1.82, 2.24) is 4.98 Å². The van der Waals surface area contributed by atoms with Crippen molar-refractivity contribution in [2.45, 2.75) is 13.5 Å². The number of aromatic nitrogens is 1. The minimum absolute atomic E-state index is 0.542. The molecule has 0 unspecified atom stereocenters. The first-order chi connectivity index (χ1) is 7.25. The Morgan fingerprint density at radius 1 is 1.47 bits per heavy atom. The van der Waals surface area contributed by atoms with Crippen LogP contribution >= 0.6 is 27.3 Å². The molecule has 1 heterocycles. The molecular formula is C11H10BrNOS.